The number of oxazole rings is 1. The van der Waals surface area contributed by atoms with Gasteiger partial charge in [0, 0.05) is 11.4 Å². The Morgan fingerprint density at radius 3 is 2.67 bits per heavy atom. The Bertz CT molecular complexity index is 685. The number of aromatic nitrogens is 1. The van der Waals surface area contributed by atoms with Gasteiger partial charge in [-0.15, -0.1) is 0 Å². The van der Waals surface area contributed by atoms with Gasteiger partial charge in [-0.05, 0) is 42.3 Å². The molecule has 2 nitrogen and oxygen atoms in total. The van der Waals surface area contributed by atoms with E-state index in [0.29, 0.717) is 6.42 Å². The average molecular weight is 258 g/mol. The second kappa shape index (κ2) is 4.46. The van der Waals surface area contributed by atoms with Crippen LogP contribution < -0.4 is 0 Å². The van der Waals surface area contributed by atoms with Crippen LogP contribution in [0.2, 0.25) is 5.02 Å². The van der Waals surface area contributed by atoms with E-state index in [9.17, 15) is 0 Å². The molecule has 0 amide bonds. The van der Waals surface area contributed by atoms with Crippen molar-refractivity contribution in [3.05, 3.63) is 64.5 Å². The fraction of sp³-hybridized carbons (Fsp3) is 0.133. The summed E-state index contributed by atoms with van der Waals surface area (Å²) >= 11 is 5.86. The number of aryl methyl sites for hydroxylation is 1. The van der Waals surface area contributed by atoms with Crippen molar-refractivity contribution >= 4 is 22.7 Å². The molecule has 1 heterocycles. The van der Waals surface area contributed by atoms with Gasteiger partial charge in [0.1, 0.15) is 5.52 Å². The van der Waals surface area contributed by atoms with E-state index in [4.69, 9.17) is 16.0 Å². The molecule has 0 aliphatic carbocycles. The van der Waals surface area contributed by atoms with Crippen molar-refractivity contribution in [3.8, 4) is 0 Å². The number of fused-ring (bicyclic) bond motifs is 1. The molecule has 3 aromatic rings. The largest absolute Gasteiger partial charge is 0.440 e. The second-order valence-corrected chi connectivity index (χ2v) is 4.82. The van der Waals surface area contributed by atoms with Crippen molar-refractivity contribution in [2.24, 2.45) is 0 Å². The first-order chi connectivity index (χ1) is 8.70. The molecule has 2 aromatic carbocycles. The van der Waals surface area contributed by atoms with E-state index < -0.39 is 0 Å². The molecule has 0 fully saturated rings. The molecule has 0 radical (unpaired) electrons. The van der Waals surface area contributed by atoms with Gasteiger partial charge >= 0.3 is 0 Å². The van der Waals surface area contributed by atoms with Gasteiger partial charge in [0.2, 0.25) is 0 Å². The summed E-state index contributed by atoms with van der Waals surface area (Å²) in [5, 5.41) is 0.743. The number of rotatable bonds is 2. The summed E-state index contributed by atoms with van der Waals surface area (Å²) in [6.45, 7) is 2.04. The van der Waals surface area contributed by atoms with Crippen LogP contribution >= 0.6 is 11.6 Å². The standard InChI is InChI=1S/C15H12ClNO/c1-10-2-7-13-14(8-10)18-15(17-13)9-11-3-5-12(16)6-4-11/h2-8H,9H2,1H3. The van der Waals surface area contributed by atoms with Crippen LogP contribution in [-0.2, 0) is 6.42 Å². The van der Waals surface area contributed by atoms with Crippen molar-refractivity contribution in [2.45, 2.75) is 13.3 Å². The van der Waals surface area contributed by atoms with Crippen molar-refractivity contribution < 1.29 is 4.42 Å². The molecule has 18 heavy (non-hydrogen) atoms. The predicted octanol–water partition coefficient (Wildman–Crippen LogP) is 4.38. The first-order valence-electron chi connectivity index (χ1n) is 5.81. The third-order valence-electron chi connectivity index (χ3n) is 2.86. The SMILES string of the molecule is Cc1ccc2nc(Cc3ccc(Cl)cc3)oc2c1. The molecule has 90 valence electrons. The van der Waals surface area contributed by atoms with Gasteiger partial charge in [0.25, 0.3) is 0 Å². The molecule has 0 saturated carbocycles. The number of hydrogen-bond donors (Lipinski definition) is 0. The molecule has 0 bridgehead atoms. The maximum Gasteiger partial charge on any atom is 0.199 e. The highest BCUT2D eigenvalue weighted by Crippen LogP contribution is 2.19. The van der Waals surface area contributed by atoms with Gasteiger partial charge in [-0.1, -0.05) is 29.8 Å². The Hall–Kier alpha value is -1.80. The van der Waals surface area contributed by atoms with Gasteiger partial charge in [0.05, 0.1) is 0 Å². The minimum atomic E-state index is 0.685. The van der Waals surface area contributed by atoms with Gasteiger partial charge in [0.15, 0.2) is 11.5 Å². The average Bonchev–Trinajstić information content (AvgIpc) is 2.73. The summed E-state index contributed by atoms with van der Waals surface area (Å²) in [5.41, 5.74) is 4.07. The molecular weight excluding hydrogens is 246 g/mol. The summed E-state index contributed by atoms with van der Waals surface area (Å²) < 4.78 is 5.74. The van der Waals surface area contributed by atoms with E-state index in [-0.39, 0.29) is 0 Å². The molecule has 0 aliphatic heterocycles. The Morgan fingerprint density at radius 2 is 1.89 bits per heavy atom. The summed E-state index contributed by atoms with van der Waals surface area (Å²) in [7, 11) is 0. The molecule has 1 aromatic heterocycles. The Kier molecular flexibility index (Phi) is 2.80. The Morgan fingerprint density at radius 1 is 1.11 bits per heavy atom. The highest BCUT2D eigenvalue weighted by atomic mass is 35.5. The van der Waals surface area contributed by atoms with Crippen molar-refractivity contribution in [1.82, 2.24) is 4.98 Å². The quantitative estimate of drug-likeness (QED) is 0.681. The van der Waals surface area contributed by atoms with E-state index in [2.05, 4.69) is 4.98 Å². The molecule has 3 rings (SSSR count). The molecule has 0 atom stereocenters. The first-order valence-corrected chi connectivity index (χ1v) is 6.19. The summed E-state index contributed by atoms with van der Waals surface area (Å²) in [4.78, 5) is 4.47. The van der Waals surface area contributed by atoms with Crippen LogP contribution in [0, 0.1) is 6.92 Å². The van der Waals surface area contributed by atoms with Crippen molar-refractivity contribution in [2.75, 3.05) is 0 Å². The van der Waals surface area contributed by atoms with Gasteiger partial charge < -0.3 is 4.42 Å². The number of benzene rings is 2. The fourth-order valence-corrected chi connectivity index (χ4v) is 2.06. The summed E-state index contributed by atoms with van der Waals surface area (Å²) in [6.07, 6.45) is 0.685. The predicted molar refractivity (Wildman–Crippen MR) is 73.0 cm³/mol. The van der Waals surface area contributed by atoms with Crippen LogP contribution in [0.25, 0.3) is 11.1 Å². The fourth-order valence-electron chi connectivity index (χ4n) is 1.93. The van der Waals surface area contributed by atoms with Crippen molar-refractivity contribution in [1.29, 1.82) is 0 Å². The van der Waals surface area contributed by atoms with Crippen molar-refractivity contribution in [3.63, 3.8) is 0 Å². The number of nitrogens with zero attached hydrogens (tertiary/aromatic N) is 1. The molecular formula is C15H12ClNO. The van der Waals surface area contributed by atoms with Crippen LogP contribution in [0.1, 0.15) is 17.0 Å². The van der Waals surface area contributed by atoms with Gasteiger partial charge in [-0.25, -0.2) is 4.98 Å². The van der Waals surface area contributed by atoms with E-state index >= 15 is 0 Å². The highest BCUT2D eigenvalue weighted by Gasteiger charge is 2.06. The maximum atomic E-state index is 5.86. The van der Waals surface area contributed by atoms with E-state index in [0.717, 1.165) is 27.6 Å². The van der Waals surface area contributed by atoms with Crippen LogP contribution in [0.5, 0.6) is 0 Å². The third-order valence-corrected chi connectivity index (χ3v) is 3.11. The summed E-state index contributed by atoms with van der Waals surface area (Å²) in [6, 6.07) is 13.8. The van der Waals surface area contributed by atoms with Crippen LogP contribution in [0.15, 0.2) is 46.9 Å². The van der Waals surface area contributed by atoms with E-state index in [1.807, 2.05) is 49.4 Å². The zero-order chi connectivity index (χ0) is 12.5. The summed E-state index contributed by atoms with van der Waals surface area (Å²) in [5.74, 6) is 0.734. The molecule has 0 unspecified atom stereocenters. The third kappa shape index (κ3) is 2.24. The van der Waals surface area contributed by atoms with Crippen LogP contribution in [-0.4, -0.2) is 4.98 Å². The molecule has 0 aliphatic rings. The topological polar surface area (TPSA) is 26.0 Å². The lowest BCUT2D eigenvalue weighted by Gasteiger charge is -1.96. The van der Waals surface area contributed by atoms with Crippen LogP contribution in [0.4, 0.5) is 0 Å². The normalized spacial score (nSPS) is 11.0. The molecule has 3 heteroatoms. The van der Waals surface area contributed by atoms with Gasteiger partial charge in [-0.2, -0.15) is 0 Å². The lowest BCUT2D eigenvalue weighted by Crippen LogP contribution is -1.87. The van der Waals surface area contributed by atoms with E-state index in [1.165, 1.54) is 5.56 Å². The van der Waals surface area contributed by atoms with Gasteiger partial charge in [-0.3, -0.25) is 0 Å². The number of hydrogen-bond acceptors (Lipinski definition) is 2. The minimum Gasteiger partial charge on any atom is -0.440 e. The maximum absolute atomic E-state index is 5.86. The molecule has 0 spiro atoms. The lowest BCUT2D eigenvalue weighted by molar-refractivity contribution is 0.544. The molecule has 0 saturated heterocycles. The van der Waals surface area contributed by atoms with Crippen LogP contribution in [0.3, 0.4) is 0 Å². The Balaban J connectivity index is 1.92. The van der Waals surface area contributed by atoms with E-state index in [1.54, 1.807) is 0 Å². The Labute approximate surface area is 110 Å². The first kappa shape index (κ1) is 11.3. The smallest absolute Gasteiger partial charge is 0.199 e. The molecule has 0 N–H and O–H groups in total. The lowest BCUT2D eigenvalue weighted by atomic mass is 10.1. The number of halogens is 1. The second-order valence-electron chi connectivity index (χ2n) is 4.38. The monoisotopic (exact) mass is 257 g/mol. The minimum absolute atomic E-state index is 0.685. The zero-order valence-electron chi connectivity index (χ0n) is 9.98. The highest BCUT2D eigenvalue weighted by molar-refractivity contribution is 6.30. The zero-order valence-corrected chi connectivity index (χ0v) is 10.7.